The van der Waals surface area contributed by atoms with Crippen LogP contribution in [0.15, 0.2) is 18.3 Å². The first kappa shape index (κ1) is 15.3. The molecule has 2 amide bonds. The number of carboxylic acid groups (broad SMARTS) is 1. The molecule has 0 aromatic carbocycles. The molecule has 3 N–H and O–H groups in total. The van der Waals surface area contributed by atoms with Gasteiger partial charge in [0.25, 0.3) is 0 Å². The number of urea groups is 1. The van der Waals surface area contributed by atoms with E-state index >= 15 is 0 Å². The van der Waals surface area contributed by atoms with Gasteiger partial charge in [0.15, 0.2) is 0 Å². The summed E-state index contributed by atoms with van der Waals surface area (Å²) in [5.41, 5.74) is 0.682. The molecular formula is C15H21N3O3. The molecular weight excluding hydrogens is 270 g/mol. The maximum atomic E-state index is 12.0. The van der Waals surface area contributed by atoms with Crippen LogP contribution in [0, 0.1) is 5.92 Å². The zero-order valence-electron chi connectivity index (χ0n) is 12.3. The highest BCUT2D eigenvalue weighted by atomic mass is 16.4. The Hall–Kier alpha value is -2.11. The molecule has 0 aliphatic heterocycles. The molecule has 0 radical (unpaired) electrons. The van der Waals surface area contributed by atoms with Crippen LogP contribution in [0.5, 0.6) is 0 Å². The van der Waals surface area contributed by atoms with Gasteiger partial charge >= 0.3 is 12.0 Å². The maximum Gasteiger partial charge on any atom is 0.329 e. The number of aliphatic carboxylic acids is 1. The van der Waals surface area contributed by atoms with E-state index in [1.54, 1.807) is 13.1 Å². The number of carboxylic acids is 1. The van der Waals surface area contributed by atoms with Gasteiger partial charge in [0.1, 0.15) is 5.54 Å². The number of carbonyl (C=O) groups is 2. The van der Waals surface area contributed by atoms with Crippen molar-refractivity contribution >= 4 is 12.0 Å². The predicted octanol–water partition coefficient (Wildman–Crippen LogP) is 1.70. The van der Waals surface area contributed by atoms with Gasteiger partial charge < -0.3 is 15.7 Å². The molecule has 1 aliphatic rings. The highest BCUT2D eigenvalue weighted by Crippen LogP contribution is 2.39. The standard InChI is InChI=1S/C15H21N3O3/c1-3-10-5-4-8-16-12(10)9-17-14(21)18-15(2,13(19)20)11-6-7-11/h4-5,8,11H,3,6-7,9H2,1-2H3,(H,19,20)(H2,17,18,21). The molecule has 1 aromatic rings. The van der Waals surface area contributed by atoms with Gasteiger partial charge in [-0.25, -0.2) is 9.59 Å². The van der Waals surface area contributed by atoms with E-state index in [1.165, 1.54) is 0 Å². The highest BCUT2D eigenvalue weighted by Gasteiger charge is 2.48. The lowest BCUT2D eigenvalue weighted by Gasteiger charge is -2.26. The van der Waals surface area contributed by atoms with E-state index in [1.807, 2.05) is 19.1 Å². The minimum Gasteiger partial charge on any atom is -0.480 e. The van der Waals surface area contributed by atoms with E-state index in [4.69, 9.17) is 0 Å². The zero-order valence-corrected chi connectivity index (χ0v) is 12.3. The zero-order chi connectivity index (χ0) is 15.5. The Morgan fingerprint density at radius 1 is 1.48 bits per heavy atom. The first-order valence-electron chi connectivity index (χ1n) is 7.19. The van der Waals surface area contributed by atoms with Gasteiger partial charge in [0, 0.05) is 6.20 Å². The third kappa shape index (κ3) is 3.51. The second kappa shape index (κ2) is 6.11. The molecule has 114 valence electrons. The van der Waals surface area contributed by atoms with Crippen molar-refractivity contribution in [1.29, 1.82) is 0 Å². The van der Waals surface area contributed by atoms with E-state index in [2.05, 4.69) is 15.6 Å². The fourth-order valence-corrected chi connectivity index (χ4v) is 2.39. The quantitative estimate of drug-likeness (QED) is 0.744. The summed E-state index contributed by atoms with van der Waals surface area (Å²) < 4.78 is 0. The Morgan fingerprint density at radius 3 is 2.76 bits per heavy atom. The monoisotopic (exact) mass is 291 g/mol. The Labute approximate surface area is 124 Å². The fraction of sp³-hybridized carbons (Fsp3) is 0.533. The maximum absolute atomic E-state index is 12.0. The molecule has 0 spiro atoms. The topological polar surface area (TPSA) is 91.3 Å². The van der Waals surface area contributed by atoms with Crippen molar-refractivity contribution in [1.82, 2.24) is 15.6 Å². The van der Waals surface area contributed by atoms with Crippen molar-refractivity contribution in [2.75, 3.05) is 0 Å². The molecule has 1 unspecified atom stereocenters. The van der Waals surface area contributed by atoms with Crippen molar-refractivity contribution in [2.45, 2.75) is 45.2 Å². The summed E-state index contributed by atoms with van der Waals surface area (Å²) in [5.74, 6) is -0.978. The smallest absolute Gasteiger partial charge is 0.329 e. The molecule has 2 rings (SSSR count). The molecule has 6 heteroatoms. The van der Waals surface area contributed by atoms with Gasteiger partial charge in [-0.2, -0.15) is 0 Å². The number of rotatable bonds is 6. The van der Waals surface area contributed by atoms with Crippen LogP contribution in [0.4, 0.5) is 4.79 Å². The highest BCUT2D eigenvalue weighted by molar-refractivity contribution is 5.86. The van der Waals surface area contributed by atoms with Gasteiger partial charge in [-0.05, 0) is 43.7 Å². The second-order valence-corrected chi connectivity index (χ2v) is 5.55. The minimum atomic E-state index is -1.19. The van der Waals surface area contributed by atoms with Crippen LogP contribution in [0.2, 0.25) is 0 Å². The first-order chi connectivity index (χ1) is 9.97. The second-order valence-electron chi connectivity index (χ2n) is 5.55. The van der Waals surface area contributed by atoms with Crippen LogP contribution < -0.4 is 10.6 Å². The molecule has 1 aromatic heterocycles. The summed E-state index contributed by atoms with van der Waals surface area (Å²) in [7, 11) is 0. The van der Waals surface area contributed by atoms with Crippen molar-refractivity contribution in [3.8, 4) is 0 Å². The molecule has 21 heavy (non-hydrogen) atoms. The van der Waals surface area contributed by atoms with Gasteiger partial charge in [-0.1, -0.05) is 13.0 Å². The molecule has 1 fully saturated rings. The van der Waals surface area contributed by atoms with Gasteiger partial charge in [-0.15, -0.1) is 0 Å². The van der Waals surface area contributed by atoms with E-state index in [0.717, 1.165) is 30.5 Å². The van der Waals surface area contributed by atoms with Gasteiger partial charge in [0.2, 0.25) is 0 Å². The van der Waals surface area contributed by atoms with Crippen LogP contribution in [0.1, 0.15) is 37.9 Å². The molecule has 0 saturated heterocycles. The summed E-state index contributed by atoms with van der Waals surface area (Å²) in [6.45, 7) is 3.87. The Kier molecular flexibility index (Phi) is 4.45. The lowest BCUT2D eigenvalue weighted by molar-refractivity contribution is -0.144. The number of carbonyl (C=O) groups excluding carboxylic acids is 1. The number of hydrogen-bond acceptors (Lipinski definition) is 3. The Morgan fingerprint density at radius 2 is 2.19 bits per heavy atom. The largest absolute Gasteiger partial charge is 0.480 e. The molecule has 0 bridgehead atoms. The first-order valence-corrected chi connectivity index (χ1v) is 7.19. The van der Waals surface area contributed by atoms with Gasteiger partial charge in [-0.3, -0.25) is 4.98 Å². The lowest BCUT2D eigenvalue weighted by atomic mass is 9.96. The third-order valence-electron chi connectivity index (χ3n) is 3.99. The lowest BCUT2D eigenvalue weighted by Crippen LogP contribution is -2.56. The van der Waals surface area contributed by atoms with Crippen molar-refractivity contribution < 1.29 is 14.7 Å². The average Bonchev–Trinajstić information content (AvgIpc) is 3.30. The predicted molar refractivity (Wildman–Crippen MR) is 77.8 cm³/mol. The van der Waals surface area contributed by atoms with E-state index in [9.17, 15) is 14.7 Å². The van der Waals surface area contributed by atoms with Crippen LogP contribution in [-0.2, 0) is 17.8 Å². The number of nitrogens with one attached hydrogen (secondary N) is 2. The number of hydrogen-bond donors (Lipinski definition) is 3. The fourth-order valence-electron chi connectivity index (χ4n) is 2.39. The number of aryl methyl sites for hydroxylation is 1. The molecule has 1 atom stereocenters. The van der Waals surface area contributed by atoms with Crippen molar-refractivity contribution in [3.63, 3.8) is 0 Å². The van der Waals surface area contributed by atoms with Gasteiger partial charge in [0.05, 0.1) is 12.2 Å². The summed E-state index contributed by atoms with van der Waals surface area (Å²) in [4.78, 5) is 27.6. The van der Waals surface area contributed by atoms with Crippen LogP contribution in [-0.4, -0.2) is 27.6 Å². The number of aromatic nitrogens is 1. The summed E-state index contributed by atoms with van der Waals surface area (Å²) in [6.07, 6.45) is 4.19. The number of pyridine rings is 1. The number of nitrogens with zero attached hydrogens (tertiary/aromatic N) is 1. The molecule has 6 nitrogen and oxygen atoms in total. The van der Waals surface area contributed by atoms with E-state index in [0.29, 0.717) is 0 Å². The van der Waals surface area contributed by atoms with Crippen LogP contribution >= 0.6 is 0 Å². The molecule has 1 aliphatic carbocycles. The molecule has 1 saturated carbocycles. The third-order valence-corrected chi connectivity index (χ3v) is 3.99. The van der Waals surface area contributed by atoms with Crippen LogP contribution in [0.3, 0.4) is 0 Å². The van der Waals surface area contributed by atoms with Crippen LogP contribution in [0.25, 0.3) is 0 Å². The normalized spacial score (nSPS) is 16.9. The average molecular weight is 291 g/mol. The summed E-state index contributed by atoms with van der Waals surface area (Å²) >= 11 is 0. The minimum absolute atomic E-state index is 0.0156. The van der Waals surface area contributed by atoms with E-state index in [-0.39, 0.29) is 12.5 Å². The number of amides is 2. The Balaban J connectivity index is 1.94. The van der Waals surface area contributed by atoms with Crippen molar-refractivity contribution in [2.24, 2.45) is 5.92 Å². The molecule has 1 heterocycles. The SMILES string of the molecule is CCc1cccnc1CNC(=O)NC(C)(C(=O)O)C1CC1. The summed E-state index contributed by atoms with van der Waals surface area (Å²) in [5, 5.41) is 14.6. The Bertz CT molecular complexity index is 543. The van der Waals surface area contributed by atoms with E-state index < -0.39 is 17.5 Å². The summed E-state index contributed by atoms with van der Waals surface area (Å²) in [6, 6.07) is 3.35. The van der Waals surface area contributed by atoms with Crippen molar-refractivity contribution in [3.05, 3.63) is 29.6 Å².